The summed E-state index contributed by atoms with van der Waals surface area (Å²) in [6.07, 6.45) is 4.08. The van der Waals surface area contributed by atoms with Crippen LogP contribution in [-0.4, -0.2) is 41.0 Å². The van der Waals surface area contributed by atoms with Crippen LogP contribution in [-0.2, 0) is 21.5 Å². The van der Waals surface area contributed by atoms with Crippen molar-refractivity contribution in [3.8, 4) is 6.07 Å². The lowest BCUT2D eigenvalue weighted by molar-refractivity contribution is -0.134. The van der Waals surface area contributed by atoms with Gasteiger partial charge in [-0.1, -0.05) is 12.1 Å². The lowest BCUT2D eigenvalue weighted by Gasteiger charge is -2.51. The molecule has 152 valence electrons. The minimum atomic E-state index is -0.513. The normalized spacial score (nSPS) is 23.4. The van der Waals surface area contributed by atoms with Crippen molar-refractivity contribution < 1.29 is 9.53 Å². The van der Waals surface area contributed by atoms with Gasteiger partial charge in [-0.2, -0.15) is 5.26 Å². The Morgan fingerprint density at radius 2 is 2.10 bits per heavy atom. The van der Waals surface area contributed by atoms with E-state index in [9.17, 15) is 4.79 Å². The Bertz CT molecular complexity index is 1030. The first kappa shape index (κ1) is 18.6. The number of ether oxygens (including phenoxy) is 1. The molecule has 8 nitrogen and oxygen atoms in total. The molecule has 3 aliphatic rings. The molecule has 3 heterocycles. The molecule has 1 amide bonds. The molecule has 1 atom stereocenters. The van der Waals surface area contributed by atoms with Crippen LogP contribution in [0.2, 0.25) is 0 Å². The number of aromatic nitrogens is 1. The zero-order valence-electron chi connectivity index (χ0n) is 16.4. The van der Waals surface area contributed by atoms with Crippen LogP contribution in [0.1, 0.15) is 36.0 Å². The molecule has 2 saturated heterocycles. The second-order valence-electron chi connectivity index (χ2n) is 8.02. The van der Waals surface area contributed by atoms with Crippen molar-refractivity contribution in [2.45, 2.75) is 37.3 Å². The first-order chi connectivity index (χ1) is 14.6. The molecule has 5 rings (SSSR count). The van der Waals surface area contributed by atoms with E-state index in [1.165, 1.54) is 6.20 Å². The van der Waals surface area contributed by atoms with Crippen LogP contribution in [0.4, 0.5) is 11.5 Å². The number of pyridine rings is 1. The smallest absolute Gasteiger partial charge is 0.232 e. The number of anilines is 2. The van der Waals surface area contributed by atoms with Crippen LogP contribution in [0.15, 0.2) is 36.5 Å². The number of carbonyl (C=O) groups is 1. The molecule has 30 heavy (non-hydrogen) atoms. The maximum Gasteiger partial charge on any atom is 0.232 e. The Hall–Kier alpha value is -3.44. The summed E-state index contributed by atoms with van der Waals surface area (Å²) < 4.78 is 5.40. The highest BCUT2D eigenvalue weighted by Crippen LogP contribution is 2.47. The van der Waals surface area contributed by atoms with Gasteiger partial charge in [0.2, 0.25) is 5.91 Å². The number of nitrogens with zero attached hydrogens (tertiary/aromatic N) is 3. The molecule has 8 heteroatoms. The van der Waals surface area contributed by atoms with E-state index >= 15 is 0 Å². The summed E-state index contributed by atoms with van der Waals surface area (Å²) in [6, 6.07) is 11.6. The number of benzene rings is 1. The number of carbonyl (C=O) groups excluding carboxylic acids is 1. The highest BCUT2D eigenvalue weighted by atomic mass is 16.5. The maximum absolute atomic E-state index is 13.0. The van der Waals surface area contributed by atoms with Crippen LogP contribution >= 0.6 is 0 Å². The van der Waals surface area contributed by atoms with Crippen LogP contribution in [0, 0.1) is 16.7 Å². The van der Waals surface area contributed by atoms with Crippen molar-refractivity contribution >= 4 is 23.4 Å². The Morgan fingerprint density at radius 1 is 1.27 bits per heavy atom. The molecule has 1 aliphatic carbocycles. The summed E-state index contributed by atoms with van der Waals surface area (Å²) in [4.78, 5) is 18.9. The predicted molar refractivity (Wildman–Crippen MR) is 110 cm³/mol. The minimum absolute atomic E-state index is 0.00317. The Kier molecular flexibility index (Phi) is 4.40. The zero-order valence-corrected chi connectivity index (χ0v) is 16.4. The van der Waals surface area contributed by atoms with Crippen molar-refractivity contribution in [2.75, 3.05) is 18.5 Å². The average Bonchev–Trinajstić information content (AvgIpc) is 2.75. The third-order valence-electron chi connectivity index (χ3n) is 6.20. The van der Waals surface area contributed by atoms with Crippen LogP contribution < -0.4 is 10.6 Å². The predicted octanol–water partition coefficient (Wildman–Crippen LogP) is 2.38. The van der Waals surface area contributed by atoms with Crippen molar-refractivity contribution in [1.29, 1.82) is 10.7 Å². The lowest BCUT2D eigenvalue weighted by Crippen LogP contribution is -2.66. The molecule has 0 unspecified atom stereocenters. The molecular formula is C22H22N6O2. The highest BCUT2D eigenvalue weighted by Gasteiger charge is 2.51. The third kappa shape index (κ3) is 2.99. The van der Waals surface area contributed by atoms with Gasteiger partial charge in [0.1, 0.15) is 11.9 Å². The number of amides is 1. The second kappa shape index (κ2) is 7.11. The molecule has 1 aromatic heterocycles. The van der Waals surface area contributed by atoms with E-state index in [-0.39, 0.29) is 17.9 Å². The third-order valence-corrected chi connectivity index (χ3v) is 6.20. The number of rotatable bonds is 3. The molecule has 2 fully saturated rings. The van der Waals surface area contributed by atoms with Gasteiger partial charge < -0.3 is 15.4 Å². The molecule has 2 aromatic rings. The van der Waals surface area contributed by atoms with Crippen molar-refractivity contribution in [1.82, 2.24) is 15.2 Å². The lowest BCUT2D eigenvalue weighted by atomic mass is 9.67. The van der Waals surface area contributed by atoms with E-state index in [4.69, 9.17) is 15.4 Å². The number of hydrogen-bond acceptors (Lipinski definition) is 6. The summed E-state index contributed by atoms with van der Waals surface area (Å²) in [6.45, 7) is 1.27. The summed E-state index contributed by atoms with van der Waals surface area (Å²) >= 11 is 0. The van der Waals surface area contributed by atoms with E-state index in [0.717, 1.165) is 29.7 Å². The van der Waals surface area contributed by atoms with E-state index in [2.05, 4.69) is 21.7 Å². The van der Waals surface area contributed by atoms with Gasteiger partial charge in [0.25, 0.3) is 0 Å². The number of nitriles is 1. The van der Waals surface area contributed by atoms with Crippen LogP contribution in [0.5, 0.6) is 0 Å². The van der Waals surface area contributed by atoms with Gasteiger partial charge in [0, 0.05) is 37.6 Å². The number of fused-ring (bicyclic) bond motifs is 2. The van der Waals surface area contributed by atoms with Crippen LogP contribution in [0.25, 0.3) is 0 Å². The largest absolute Gasteiger partial charge is 0.381 e. The second-order valence-corrected chi connectivity index (χ2v) is 8.02. The van der Waals surface area contributed by atoms with Crippen molar-refractivity contribution in [3.05, 3.63) is 53.2 Å². The van der Waals surface area contributed by atoms with E-state index in [1.807, 2.05) is 18.2 Å². The fourth-order valence-electron chi connectivity index (χ4n) is 4.70. The van der Waals surface area contributed by atoms with Gasteiger partial charge in [-0.25, -0.2) is 4.98 Å². The summed E-state index contributed by atoms with van der Waals surface area (Å²) in [7, 11) is 0. The Labute approximate surface area is 174 Å². The fraction of sp³-hybridized carbons (Fsp3) is 0.364. The summed E-state index contributed by atoms with van der Waals surface area (Å²) in [5.74, 6) is 0.855. The van der Waals surface area contributed by atoms with Gasteiger partial charge in [-0.3, -0.25) is 15.1 Å². The van der Waals surface area contributed by atoms with E-state index in [1.54, 1.807) is 17.0 Å². The highest BCUT2D eigenvalue weighted by molar-refractivity contribution is 6.00. The van der Waals surface area contributed by atoms with Gasteiger partial charge in [0.05, 0.1) is 17.5 Å². The average molecular weight is 402 g/mol. The topological polar surface area (TPSA) is 114 Å². The maximum atomic E-state index is 13.0. The molecule has 3 N–H and O–H groups in total. The minimum Gasteiger partial charge on any atom is -0.381 e. The number of guanidine groups is 1. The molecule has 2 aliphatic heterocycles. The first-order valence-corrected chi connectivity index (χ1v) is 10.1. The van der Waals surface area contributed by atoms with Crippen LogP contribution in [0.3, 0.4) is 0 Å². The van der Waals surface area contributed by atoms with Crippen molar-refractivity contribution in [3.63, 3.8) is 0 Å². The monoisotopic (exact) mass is 402 g/mol. The Morgan fingerprint density at radius 3 is 2.80 bits per heavy atom. The van der Waals surface area contributed by atoms with Gasteiger partial charge in [-0.05, 0) is 42.2 Å². The Balaban J connectivity index is 1.36. The number of nitrogens with one attached hydrogen (secondary N) is 3. The molecule has 0 radical (unpaired) electrons. The standard InChI is InChI=1S/C22H22N6O2/c23-12-14-4-5-19(25-13-14)26-18-3-1-2-17-16(18)10-22(17)11-20(29)28(21(24)27-22)15-6-8-30-9-7-15/h1-5,13,15H,6-11H2,(H2,24,27)(H,25,26)/t22-/m0/s1. The fourth-order valence-corrected chi connectivity index (χ4v) is 4.70. The molecule has 0 saturated carbocycles. The van der Waals surface area contributed by atoms with E-state index < -0.39 is 5.54 Å². The number of hydrogen-bond donors (Lipinski definition) is 3. The molecule has 0 bridgehead atoms. The zero-order chi connectivity index (χ0) is 20.7. The molecule has 1 aromatic carbocycles. The molecule has 1 spiro atoms. The van der Waals surface area contributed by atoms with Gasteiger partial charge in [0.15, 0.2) is 5.96 Å². The van der Waals surface area contributed by atoms with Gasteiger partial charge in [-0.15, -0.1) is 0 Å². The first-order valence-electron chi connectivity index (χ1n) is 10.1. The summed E-state index contributed by atoms with van der Waals surface area (Å²) in [5.41, 5.74) is 3.10. The van der Waals surface area contributed by atoms with Gasteiger partial charge >= 0.3 is 0 Å². The SMILES string of the molecule is N#Cc1ccc(Nc2cccc3c2C[C@]32CC(=O)N(C3CCOCC3)C(=N)N2)nc1. The quantitative estimate of drug-likeness (QED) is 0.726. The van der Waals surface area contributed by atoms with E-state index in [0.29, 0.717) is 37.4 Å². The van der Waals surface area contributed by atoms with Crippen molar-refractivity contribution in [2.24, 2.45) is 0 Å². The summed E-state index contributed by atoms with van der Waals surface area (Å²) in [5, 5.41) is 24.1. The molecular weight excluding hydrogens is 380 g/mol.